The lowest BCUT2D eigenvalue weighted by Crippen LogP contribution is -2.42. The Kier molecular flexibility index (Phi) is 3.60. The highest BCUT2D eigenvalue weighted by Gasteiger charge is 2.34. The summed E-state index contributed by atoms with van der Waals surface area (Å²) in [7, 11) is -1.76. The van der Waals surface area contributed by atoms with Gasteiger partial charge in [0.15, 0.2) is 5.03 Å². The van der Waals surface area contributed by atoms with E-state index in [2.05, 4.69) is 4.98 Å². The molecule has 0 unspecified atom stereocenters. The molecule has 0 spiro atoms. The van der Waals surface area contributed by atoms with Crippen LogP contribution in [0.1, 0.15) is 37.9 Å². The molecule has 112 valence electrons. The fourth-order valence-electron chi connectivity index (χ4n) is 3.25. The summed E-state index contributed by atoms with van der Waals surface area (Å²) in [6.45, 7) is 0.757. The standard InChI is InChI=1S/C13H22N4O2S/c1-16(11-6-4-10(14)5-7-11)20(18,19)13-9-15-12-3-2-8-17(12)13/h9-11H,2-8,14H2,1H3. The van der Waals surface area contributed by atoms with Gasteiger partial charge in [0.2, 0.25) is 0 Å². The molecule has 1 aromatic heterocycles. The Hall–Kier alpha value is -0.920. The average molecular weight is 298 g/mol. The molecule has 2 heterocycles. The summed E-state index contributed by atoms with van der Waals surface area (Å²) in [6.07, 6.45) is 6.85. The number of fused-ring (bicyclic) bond motifs is 1. The Morgan fingerprint density at radius 2 is 2.05 bits per heavy atom. The molecule has 0 saturated heterocycles. The third-order valence-corrected chi connectivity index (χ3v) is 6.49. The van der Waals surface area contributed by atoms with Crippen molar-refractivity contribution < 1.29 is 8.42 Å². The van der Waals surface area contributed by atoms with E-state index in [-0.39, 0.29) is 12.1 Å². The Labute approximate surface area is 120 Å². The smallest absolute Gasteiger partial charge is 0.260 e. The van der Waals surface area contributed by atoms with E-state index >= 15 is 0 Å². The highest BCUT2D eigenvalue weighted by atomic mass is 32.2. The van der Waals surface area contributed by atoms with Crippen molar-refractivity contribution in [2.24, 2.45) is 5.73 Å². The van der Waals surface area contributed by atoms with E-state index in [0.29, 0.717) is 5.03 Å². The average Bonchev–Trinajstić information content (AvgIpc) is 3.00. The van der Waals surface area contributed by atoms with Gasteiger partial charge in [-0.2, -0.15) is 4.31 Å². The van der Waals surface area contributed by atoms with Crippen molar-refractivity contribution in [2.75, 3.05) is 7.05 Å². The van der Waals surface area contributed by atoms with Crippen molar-refractivity contribution in [3.8, 4) is 0 Å². The number of aromatic nitrogens is 2. The molecule has 0 amide bonds. The monoisotopic (exact) mass is 298 g/mol. The zero-order valence-corrected chi connectivity index (χ0v) is 12.6. The summed E-state index contributed by atoms with van der Waals surface area (Å²) in [5, 5.41) is 0.349. The fraction of sp³-hybridized carbons (Fsp3) is 0.769. The summed E-state index contributed by atoms with van der Waals surface area (Å²) in [6, 6.07) is 0.286. The highest BCUT2D eigenvalue weighted by molar-refractivity contribution is 7.89. The van der Waals surface area contributed by atoms with Gasteiger partial charge >= 0.3 is 0 Å². The van der Waals surface area contributed by atoms with E-state index in [4.69, 9.17) is 5.73 Å². The normalized spacial score (nSPS) is 26.9. The van der Waals surface area contributed by atoms with Gasteiger partial charge in [0.1, 0.15) is 5.82 Å². The first-order valence-electron chi connectivity index (χ1n) is 7.28. The molecule has 0 bridgehead atoms. The van der Waals surface area contributed by atoms with Crippen LogP contribution in [0.15, 0.2) is 11.2 Å². The van der Waals surface area contributed by atoms with Gasteiger partial charge in [-0.15, -0.1) is 0 Å². The second kappa shape index (κ2) is 5.13. The lowest BCUT2D eigenvalue weighted by atomic mass is 9.92. The zero-order valence-electron chi connectivity index (χ0n) is 11.8. The van der Waals surface area contributed by atoms with Crippen molar-refractivity contribution >= 4 is 10.0 Å². The van der Waals surface area contributed by atoms with Crippen molar-refractivity contribution in [3.63, 3.8) is 0 Å². The van der Waals surface area contributed by atoms with Gasteiger partial charge in [-0.25, -0.2) is 13.4 Å². The second-order valence-electron chi connectivity index (χ2n) is 5.86. The molecule has 0 radical (unpaired) electrons. The summed E-state index contributed by atoms with van der Waals surface area (Å²) in [5.41, 5.74) is 5.89. The third kappa shape index (κ3) is 2.27. The van der Waals surface area contributed by atoms with E-state index in [1.165, 1.54) is 10.5 Å². The van der Waals surface area contributed by atoms with Crippen LogP contribution in [0.2, 0.25) is 0 Å². The van der Waals surface area contributed by atoms with Gasteiger partial charge in [-0.3, -0.25) is 0 Å². The molecule has 0 aromatic carbocycles. The van der Waals surface area contributed by atoms with E-state index in [1.54, 1.807) is 7.05 Å². The molecule has 20 heavy (non-hydrogen) atoms. The van der Waals surface area contributed by atoms with E-state index in [9.17, 15) is 8.42 Å². The van der Waals surface area contributed by atoms with Crippen LogP contribution in [-0.4, -0.2) is 41.4 Å². The molecule has 1 saturated carbocycles. The quantitative estimate of drug-likeness (QED) is 0.891. The predicted octanol–water partition coefficient (Wildman–Crippen LogP) is 0.720. The summed E-state index contributed by atoms with van der Waals surface area (Å²) < 4.78 is 28.9. The van der Waals surface area contributed by atoms with Gasteiger partial charge in [-0.1, -0.05) is 0 Å². The lowest BCUT2D eigenvalue weighted by Gasteiger charge is -2.32. The molecule has 1 aliphatic heterocycles. The molecule has 1 fully saturated rings. The number of nitrogens with zero attached hydrogens (tertiary/aromatic N) is 3. The van der Waals surface area contributed by atoms with Crippen LogP contribution in [0, 0.1) is 0 Å². The third-order valence-electron chi connectivity index (χ3n) is 4.58. The Balaban J connectivity index is 1.84. The van der Waals surface area contributed by atoms with Crippen LogP contribution >= 0.6 is 0 Å². The maximum atomic E-state index is 12.8. The van der Waals surface area contributed by atoms with E-state index in [0.717, 1.165) is 50.9 Å². The number of sulfonamides is 1. The number of imidazole rings is 1. The van der Waals surface area contributed by atoms with Crippen molar-refractivity contribution in [3.05, 3.63) is 12.0 Å². The number of aryl methyl sites for hydroxylation is 1. The number of hydrogen-bond donors (Lipinski definition) is 1. The van der Waals surface area contributed by atoms with E-state index < -0.39 is 10.0 Å². The van der Waals surface area contributed by atoms with Crippen LogP contribution < -0.4 is 5.73 Å². The summed E-state index contributed by atoms with van der Waals surface area (Å²) in [4.78, 5) is 4.24. The van der Waals surface area contributed by atoms with Crippen molar-refractivity contribution in [1.29, 1.82) is 0 Å². The number of rotatable bonds is 3. The molecule has 0 atom stereocenters. The Morgan fingerprint density at radius 1 is 1.35 bits per heavy atom. The summed E-state index contributed by atoms with van der Waals surface area (Å²) in [5.74, 6) is 0.891. The summed E-state index contributed by atoms with van der Waals surface area (Å²) >= 11 is 0. The molecular weight excluding hydrogens is 276 g/mol. The van der Waals surface area contributed by atoms with Crippen molar-refractivity contribution in [2.45, 2.75) is 62.2 Å². The van der Waals surface area contributed by atoms with Gasteiger partial charge in [-0.05, 0) is 32.1 Å². The Bertz CT molecular complexity index is 588. The molecular formula is C13H22N4O2S. The first-order chi connectivity index (χ1) is 9.50. The molecule has 3 rings (SSSR count). The minimum absolute atomic E-state index is 0.0624. The number of hydrogen-bond acceptors (Lipinski definition) is 4. The van der Waals surface area contributed by atoms with Crippen LogP contribution in [0.25, 0.3) is 0 Å². The zero-order chi connectivity index (χ0) is 14.3. The first-order valence-corrected chi connectivity index (χ1v) is 8.72. The van der Waals surface area contributed by atoms with Gasteiger partial charge in [0, 0.05) is 32.1 Å². The minimum atomic E-state index is -3.45. The topological polar surface area (TPSA) is 81.2 Å². The largest absolute Gasteiger partial charge is 0.328 e. The SMILES string of the molecule is CN(C1CCC(N)CC1)S(=O)(=O)c1cnc2n1CCC2. The van der Waals surface area contributed by atoms with Crippen molar-refractivity contribution in [1.82, 2.24) is 13.9 Å². The minimum Gasteiger partial charge on any atom is -0.328 e. The molecule has 1 aromatic rings. The highest BCUT2D eigenvalue weighted by Crippen LogP contribution is 2.28. The van der Waals surface area contributed by atoms with Crippen LogP contribution in [0.5, 0.6) is 0 Å². The first kappa shape index (κ1) is 14.0. The van der Waals surface area contributed by atoms with Gasteiger partial charge in [0.25, 0.3) is 10.0 Å². The molecule has 2 aliphatic rings. The van der Waals surface area contributed by atoms with Crippen LogP contribution in [0.3, 0.4) is 0 Å². The molecule has 1 aliphatic carbocycles. The van der Waals surface area contributed by atoms with Crippen LogP contribution in [0.4, 0.5) is 0 Å². The molecule has 6 nitrogen and oxygen atoms in total. The predicted molar refractivity (Wildman–Crippen MR) is 75.7 cm³/mol. The number of nitrogens with two attached hydrogens (primary N) is 1. The molecule has 7 heteroatoms. The molecule has 2 N–H and O–H groups in total. The fourth-order valence-corrected chi connectivity index (χ4v) is 4.80. The van der Waals surface area contributed by atoms with Crippen LogP contribution in [-0.2, 0) is 23.0 Å². The van der Waals surface area contributed by atoms with Gasteiger partial charge in [0.05, 0.1) is 6.20 Å². The Morgan fingerprint density at radius 3 is 2.75 bits per heavy atom. The van der Waals surface area contributed by atoms with E-state index in [1.807, 2.05) is 4.57 Å². The maximum Gasteiger partial charge on any atom is 0.260 e. The maximum absolute atomic E-state index is 12.8. The second-order valence-corrected chi connectivity index (χ2v) is 7.80. The lowest BCUT2D eigenvalue weighted by molar-refractivity contribution is 0.267. The van der Waals surface area contributed by atoms with Gasteiger partial charge < -0.3 is 10.3 Å².